The average molecular weight is 238 g/mol. The summed E-state index contributed by atoms with van der Waals surface area (Å²) in [6.45, 7) is 1.35. The van der Waals surface area contributed by atoms with Crippen LogP contribution in [0.5, 0.6) is 0 Å². The molecule has 1 amide bonds. The molecule has 0 atom stereocenters. The van der Waals surface area contributed by atoms with Crippen LogP contribution in [0.1, 0.15) is 15.9 Å². The molecule has 0 saturated carbocycles. The molecule has 0 aromatic heterocycles. The van der Waals surface area contributed by atoms with Crippen molar-refractivity contribution in [3.8, 4) is 0 Å². The third-order valence-corrected chi connectivity index (χ3v) is 2.85. The Balaban J connectivity index is 2.49. The SMILES string of the molecule is CSCCNC(=O)c1ccc(CCN)cc1. The molecule has 0 fully saturated rings. The van der Waals surface area contributed by atoms with Crippen molar-refractivity contribution in [2.24, 2.45) is 5.73 Å². The molecule has 3 nitrogen and oxygen atoms in total. The highest BCUT2D eigenvalue weighted by atomic mass is 32.2. The van der Waals surface area contributed by atoms with E-state index in [4.69, 9.17) is 5.73 Å². The predicted molar refractivity (Wildman–Crippen MR) is 69.9 cm³/mol. The van der Waals surface area contributed by atoms with Gasteiger partial charge in [0, 0.05) is 17.9 Å². The Morgan fingerprint density at radius 2 is 2.06 bits per heavy atom. The molecule has 1 aromatic carbocycles. The van der Waals surface area contributed by atoms with E-state index in [-0.39, 0.29) is 5.91 Å². The average Bonchev–Trinajstić information content (AvgIpc) is 2.30. The van der Waals surface area contributed by atoms with Gasteiger partial charge in [-0.25, -0.2) is 0 Å². The predicted octanol–water partition coefficient (Wildman–Crippen LogP) is 1.28. The van der Waals surface area contributed by atoms with Crippen LogP contribution >= 0.6 is 11.8 Å². The van der Waals surface area contributed by atoms with Gasteiger partial charge in [0.2, 0.25) is 0 Å². The fourth-order valence-corrected chi connectivity index (χ4v) is 1.66. The lowest BCUT2D eigenvalue weighted by molar-refractivity contribution is 0.0956. The van der Waals surface area contributed by atoms with Crippen LogP contribution in [-0.4, -0.2) is 31.0 Å². The molecular weight excluding hydrogens is 220 g/mol. The second-order valence-electron chi connectivity index (χ2n) is 3.48. The number of carbonyl (C=O) groups is 1. The van der Waals surface area contributed by atoms with Crippen LogP contribution < -0.4 is 11.1 Å². The van der Waals surface area contributed by atoms with Crippen LogP contribution in [0, 0.1) is 0 Å². The van der Waals surface area contributed by atoms with Gasteiger partial charge in [0.15, 0.2) is 0 Å². The van der Waals surface area contributed by atoms with E-state index >= 15 is 0 Å². The van der Waals surface area contributed by atoms with E-state index in [0.29, 0.717) is 18.7 Å². The maximum absolute atomic E-state index is 11.6. The molecule has 0 aliphatic heterocycles. The van der Waals surface area contributed by atoms with Gasteiger partial charge in [0.1, 0.15) is 0 Å². The van der Waals surface area contributed by atoms with Gasteiger partial charge in [-0.05, 0) is 36.9 Å². The lowest BCUT2D eigenvalue weighted by Crippen LogP contribution is -2.25. The summed E-state index contributed by atoms with van der Waals surface area (Å²) in [6, 6.07) is 7.60. The van der Waals surface area contributed by atoms with E-state index in [1.807, 2.05) is 30.5 Å². The number of nitrogens with two attached hydrogens (primary N) is 1. The van der Waals surface area contributed by atoms with E-state index in [1.165, 1.54) is 5.56 Å². The van der Waals surface area contributed by atoms with Crippen LogP contribution in [0.3, 0.4) is 0 Å². The number of hydrogen-bond acceptors (Lipinski definition) is 3. The lowest BCUT2D eigenvalue weighted by Gasteiger charge is -2.05. The zero-order valence-corrected chi connectivity index (χ0v) is 10.3. The second kappa shape index (κ2) is 7.30. The molecule has 0 aliphatic rings. The molecule has 4 heteroatoms. The third-order valence-electron chi connectivity index (χ3n) is 2.24. The van der Waals surface area contributed by atoms with Crippen molar-refractivity contribution in [1.29, 1.82) is 0 Å². The maximum Gasteiger partial charge on any atom is 0.251 e. The largest absolute Gasteiger partial charge is 0.351 e. The van der Waals surface area contributed by atoms with Crippen LogP contribution in [0.4, 0.5) is 0 Å². The molecule has 3 N–H and O–H groups in total. The highest BCUT2D eigenvalue weighted by Gasteiger charge is 2.03. The van der Waals surface area contributed by atoms with Gasteiger partial charge in [0.25, 0.3) is 5.91 Å². The van der Waals surface area contributed by atoms with Gasteiger partial charge in [0.05, 0.1) is 0 Å². The van der Waals surface area contributed by atoms with E-state index in [0.717, 1.165) is 12.2 Å². The molecule has 0 spiro atoms. The summed E-state index contributed by atoms with van der Waals surface area (Å²) in [4.78, 5) is 11.6. The number of amides is 1. The van der Waals surface area contributed by atoms with Crippen molar-refractivity contribution in [3.63, 3.8) is 0 Å². The quantitative estimate of drug-likeness (QED) is 0.734. The normalized spacial score (nSPS) is 10.1. The number of benzene rings is 1. The number of nitrogens with one attached hydrogen (secondary N) is 1. The van der Waals surface area contributed by atoms with Crippen molar-refractivity contribution in [2.45, 2.75) is 6.42 Å². The van der Waals surface area contributed by atoms with Crippen molar-refractivity contribution < 1.29 is 4.79 Å². The fraction of sp³-hybridized carbons (Fsp3) is 0.417. The van der Waals surface area contributed by atoms with Crippen LogP contribution in [0.15, 0.2) is 24.3 Å². The zero-order valence-electron chi connectivity index (χ0n) is 9.53. The minimum atomic E-state index is -0.00616. The monoisotopic (exact) mass is 238 g/mol. The first kappa shape index (κ1) is 13.1. The fourth-order valence-electron chi connectivity index (χ4n) is 1.36. The van der Waals surface area contributed by atoms with Crippen molar-refractivity contribution in [2.75, 3.05) is 25.1 Å². The van der Waals surface area contributed by atoms with Crippen molar-refractivity contribution in [1.82, 2.24) is 5.32 Å². The Hall–Kier alpha value is -1.00. The van der Waals surface area contributed by atoms with Gasteiger partial charge in [-0.15, -0.1) is 0 Å². The first-order valence-corrected chi connectivity index (χ1v) is 6.73. The molecule has 0 heterocycles. The first-order valence-electron chi connectivity index (χ1n) is 5.34. The first-order chi connectivity index (χ1) is 7.77. The zero-order chi connectivity index (χ0) is 11.8. The summed E-state index contributed by atoms with van der Waals surface area (Å²) in [5.41, 5.74) is 7.34. The molecule has 0 aliphatic carbocycles. The minimum absolute atomic E-state index is 0.00616. The van der Waals surface area contributed by atoms with E-state index in [1.54, 1.807) is 11.8 Å². The molecule has 16 heavy (non-hydrogen) atoms. The number of carbonyl (C=O) groups excluding carboxylic acids is 1. The van der Waals surface area contributed by atoms with Gasteiger partial charge in [-0.3, -0.25) is 4.79 Å². The summed E-state index contributed by atoms with van der Waals surface area (Å²) >= 11 is 1.72. The lowest BCUT2D eigenvalue weighted by atomic mass is 10.1. The molecule has 0 saturated heterocycles. The topological polar surface area (TPSA) is 55.1 Å². The standard InChI is InChI=1S/C12H18N2OS/c1-16-9-8-14-12(15)11-4-2-10(3-5-11)6-7-13/h2-5H,6-9,13H2,1H3,(H,14,15). The van der Waals surface area contributed by atoms with Crippen molar-refractivity contribution in [3.05, 3.63) is 35.4 Å². The molecule has 0 unspecified atom stereocenters. The smallest absolute Gasteiger partial charge is 0.251 e. The highest BCUT2D eigenvalue weighted by molar-refractivity contribution is 7.98. The molecule has 0 bridgehead atoms. The second-order valence-corrected chi connectivity index (χ2v) is 4.47. The maximum atomic E-state index is 11.6. The molecular formula is C12H18N2OS. The molecule has 1 rings (SSSR count). The van der Waals surface area contributed by atoms with Crippen LogP contribution in [0.2, 0.25) is 0 Å². The molecule has 1 aromatic rings. The van der Waals surface area contributed by atoms with Crippen LogP contribution in [-0.2, 0) is 6.42 Å². The minimum Gasteiger partial charge on any atom is -0.351 e. The summed E-state index contributed by atoms with van der Waals surface area (Å²) in [5, 5.41) is 2.87. The summed E-state index contributed by atoms with van der Waals surface area (Å²) in [5.74, 6) is 0.935. The number of thioether (sulfide) groups is 1. The van der Waals surface area contributed by atoms with E-state index in [2.05, 4.69) is 5.32 Å². The summed E-state index contributed by atoms with van der Waals surface area (Å²) < 4.78 is 0. The highest BCUT2D eigenvalue weighted by Crippen LogP contribution is 2.04. The van der Waals surface area contributed by atoms with Gasteiger partial charge in [-0.1, -0.05) is 12.1 Å². The van der Waals surface area contributed by atoms with E-state index < -0.39 is 0 Å². The Morgan fingerprint density at radius 1 is 1.38 bits per heavy atom. The molecule has 0 radical (unpaired) electrons. The van der Waals surface area contributed by atoms with Gasteiger partial charge < -0.3 is 11.1 Å². The van der Waals surface area contributed by atoms with E-state index in [9.17, 15) is 4.79 Å². The third kappa shape index (κ3) is 4.24. The Bertz CT molecular complexity index is 324. The van der Waals surface area contributed by atoms with Gasteiger partial charge in [-0.2, -0.15) is 11.8 Å². The Labute approximate surface area is 101 Å². The van der Waals surface area contributed by atoms with Crippen molar-refractivity contribution >= 4 is 17.7 Å². The number of hydrogen-bond donors (Lipinski definition) is 2. The summed E-state index contributed by atoms with van der Waals surface area (Å²) in [6.07, 6.45) is 2.88. The van der Waals surface area contributed by atoms with Gasteiger partial charge >= 0.3 is 0 Å². The van der Waals surface area contributed by atoms with Crippen LogP contribution in [0.25, 0.3) is 0 Å². The summed E-state index contributed by atoms with van der Waals surface area (Å²) in [7, 11) is 0. The molecule has 88 valence electrons. The Morgan fingerprint density at radius 3 is 2.62 bits per heavy atom. The Kier molecular flexibility index (Phi) is 5.96. The number of rotatable bonds is 6.